The third-order valence-electron chi connectivity index (χ3n) is 5.27. The fourth-order valence-electron chi connectivity index (χ4n) is 3.57. The fourth-order valence-corrected chi connectivity index (χ4v) is 4.61. The Balaban J connectivity index is 1.51. The highest BCUT2D eigenvalue weighted by atomic mass is 32.1. The van der Waals surface area contributed by atoms with Crippen molar-refractivity contribution in [3.63, 3.8) is 0 Å². The lowest BCUT2D eigenvalue weighted by atomic mass is 10.2. The number of hydrogen-bond donors (Lipinski definition) is 0. The molecule has 5 rings (SSSR count). The van der Waals surface area contributed by atoms with Crippen LogP contribution in [0, 0.1) is 0 Å². The Hall–Kier alpha value is -3.58. The zero-order chi connectivity index (χ0) is 21.2. The summed E-state index contributed by atoms with van der Waals surface area (Å²) in [5.41, 5.74) is 4.84. The lowest BCUT2D eigenvalue weighted by Gasteiger charge is -2.20. The van der Waals surface area contributed by atoms with Crippen molar-refractivity contribution in [3.8, 4) is 0 Å². The summed E-state index contributed by atoms with van der Waals surface area (Å²) in [7, 11) is 0. The quantitative estimate of drug-likeness (QED) is 0.389. The molecule has 0 radical (unpaired) electrons. The Labute approximate surface area is 183 Å². The third-order valence-corrected chi connectivity index (χ3v) is 6.31. The van der Waals surface area contributed by atoms with Crippen LogP contribution in [-0.4, -0.2) is 25.9 Å². The summed E-state index contributed by atoms with van der Waals surface area (Å²) in [6, 6.07) is 23.9. The van der Waals surface area contributed by atoms with Crippen molar-refractivity contribution >= 4 is 43.6 Å². The van der Waals surface area contributed by atoms with Crippen molar-refractivity contribution < 1.29 is 4.79 Å². The summed E-state index contributed by atoms with van der Waals surface area (Å²) in [6.45, 7) is 2.69. The molecule has 0 fully saturated rings. The predicted molar refractivity (Wildman–Crippen MR) is 124 cm³/mol. The lowest BCUT2D eigenvalue weighted by molar-refractivity contribution is -0.119. The van der Waals surface area contributed by atoms with E-state index >= 15 is 0 Å². The molecule has 0 aliphatic rings. The first-order valence-corrected chi connectivity index (χ1v) is 11.0. The summed E-state index contributed by atoms with van der Waals surface area (Å²) < 4.78 is 2.74. The molecule has 2 heterocycles. The van der Waals surface area contributed by atoms with E-state index in [-0.39, 0.29) is 12.5 Å². The number of hydrogen-bond acceptors (Lipinski definition) is 5. The van der Waals surface area contributed by atoms with Gasteiger partial charge in [-0.2, -0.15) is 0 Å². The van der Waals surface area contributed by atoms with Gasteiger partial charge in [0.1, 0.15) is 12.1 Å². The van der Waals surface area contributed by atoms with Crippen molar-refractivity contribution in [2.45, 2.75) is 26.4 Å². The van der Waals surface area contributed by atoms with E-state index in [0.717, 1.165) is 33.2 Å². The van der Waals surface area contributed by atoms with Crippen LogP contribution >= 0.6 is 11.3 Å². The van der Waals surface area contributed by atoms with Crippen LogP contribution in [0.1, 0.15) is 18.1 Å². The van der Waals surface area contributed by atoms with Crippen LogP contribution in [0.3, 0.4) is 0 Å². The second kappa shape index (κ2) is 8.28. The van der Waals surface area contributed by atoms with E-state index in [1.54, 1.807) is 20.9 Å². The van der Waals surface area contributed by atoms with Gasteiger partial charge in [0.2, 0.25) is 0 Å². The molecule has 0 saturated heterocycles. The van der Waals surface area contributed by atoms with Gasteiger partial charge in [0.15, 0.2) is 5.13 Å². The van der Waals surface area contributed by atoms with Gasteiger partial charge in [0, 0.05) is 0 Å². The number of carbonyl (C=O) groups is 1. The standard InChI is InChI=1S/C24H21N5OS/c1-2-17-12-13-20-22(14-17)31-24(25-20)28(15-18-8-4-3-5-9-18)23(30)16-29-21-11-7-6-10-19(21)26-27-29/h3-14H,2,15-16H2,1H3. The monoisotopic (exact) mass is 427 g/mol. The molecule has 1 amide bonds. The zero-order valence-corrected chi connectivity index (χ0v) is 17.9. The van der Waals surface area contributed by atoms with E-state index in [9.17, 15) is 4.79 Å². The van der Waals surface area contributed by atoms with E-state index in [2.05, 4.69) is 29.4 Å². The number of fused-ring (bicyclic) bond motifs is 2. The zero-order valence-electron chi connectivity index (χ0n) is 17.1. The average molecular weight is 428 g/mol. The van der Waals surface area contributed by atoms with Crippen molar-refractivity contribution in [2.24, 2.45) is 0 Å². The second-order valence-corrected chi connectivity index (χ2v) is 8.36. The van der Waals surface area contributed by atoms with E-state index in [4.69, 9.17) is 4.98 Å². The lowest BCUT2D eigenvalue weighted by Crippen LogP contribution is -2.33. The molecule has 2 aromatic heterocycles. The van der Waals surface area contributed by atoms with E-state index in [0.29, 0.717) is 11.7 Å². The summed E-state index contributed by atoms with van der Waals surface area (Å²) in [4.78, 5) is 20.0. The van der Waals surface area contributed by atoms with E-state index in [1.165, 1.54) is 5.56 Å². The number of aromatic nitrogens is 4. The van der Waals surface area contributed by atoms with Gasteiger partial charge in [-0.25, -0.2) is 9.67 Å². The molecule has 31 heavy (non-hydrogen) atoms. The normalized spacial score (nSPS) is 11.3. The number of anilines is 1. The topological polar surface area (TPSA) is 63.9 Å². The largest absolute Gasteiger partial charge is 0.282 e. The van der Waals surface area contributed by atoms with Crippen molar-refractivity contribution in [1.82, 2.24) is 20.0 Å². The Morgan fingerprint density at radius 2 is 1.77 bits per heavy atom. The number of amides is 1. The highest BCUT2D eigenvalue weighted by Crippen LogP contribution is 2.31. The molecule has 5 aromatic rings. The molecular formula is C24H21N5OS. The summed E-state index contributed by atoms with van der Waals surface area (Å²) in [5.74, 6) is -0.0747. The van der Waals surface area contributed by atoms with Crippen molar-refractivity contribution in [2.75, 3.05) is 4.90 Å². The first-order chi connectivity index (χ1) is 15.2. The average Bonchev–Trinajstić information content (AvgIpc) is 3.41. The van der Waals surface area contributed by atoms with E-state index < -0.39 is 0 Å². The minimum absolute atomic E-state index is 0.0747. The number of aryl methyl sites for hydroxylation is 1. The highest BCUT2D eigenvalue weighted by Gasteiger charge is 2.22. The molecule has 0 atom stereocenters. The van der Waals surface area contributed by atoms with Crippen LogP contribution in [0.25, 0.3) is 21.3 Å². The predicted octanol–water partition coefficient (Wildman–Crippen LogP) is 4.84. The SMILES string of the molecule is CCc1ccc2nc(N(Cc3ccccc3)C(=O)Cn3nnc4ccccc43)sc2c1. The van der Waals surface area contributed by atoms with Crippen LogP contribution in [0.4, 0.5) is 5.13 Å². The molecule has 0 unspecified atom stereocenters. The first kappa shape index (κ1) is 19.4. The van der Waals surface area contributed by atoms with Crippen molar-refractivity contribution in [3.05, 3.63) is 83.9 Å². The molecule has 0 saturated carbocycles. The molecule has 0 bridgehead atoms. The molecule has 3 aromatic carbocycles. The maximum absolute atomic E-state index is 13.5. The minimum Gasteiger partial charge on any atom is -0.282 e. The maximum atomic E-state index is 13.5. The fraction of sp³-hybridized carbons (Fsp3) is 0.167. The Morgan fingerprint density at radius 1 is 0.968 bits per heavy atom. The second-order valence-electron chi connectivity index (χ2n) is 7.35. The highest BCUT2D eigenvalue weighted by molar-refractivity contribution is 7.22. The first-order valence-electron chi connectivity index (χ1n) is 10.2. The summed E-state index contributed by atoms with van der Waals surface area (Å²) >= 11 is 1.55. The molecule has 0 N–H and O–H groups in total. The van der Waals surface area contributed by atoms with Crippen LogP contribution in [-0.2, 0) is 24.3 Å². The third kappa shape index (κ3) is 3.92. The smallest absolute Gasteiger partial charge is 0.250 e. The molecule has 0 spiro atoms. The van der Waals surface area contributed by atoms with Crippen molar-refractivity contribution in [1.29, 1.82) is 0 Å². The Bertz CT molecular complexity index is 1360. The minimum atomic E-state index is -0.0747. The number of rotatable bonds is 6. The number of benzene rings is 3. The van der Waals surface area contributed by atoms with Crippen LogP contribution < -0.4 is 4.90 Å². The molecule has 7 heteroatoms. The van der Waals surface area contributed by atoms with Gasteiger partial charge in [-0.15, -0.1) is 5.10 Å². The van der Waals surface area contributed by atoms with Crippen LogP contribution in [0.5, 0.6) is 0 Å². The Kier molecular flexibility index (Phi) is 5.18. The molecule has 0 aliphatic heterocycles. The van der Waals surface area contributed by atoms with Gasteiger partial charge < -0.3 is 0 Å². The Morgan fingerprint density at radius 3 is 2.61 bits per heavy atom. The molecular weight excluding hydrogens is 406 g/mol. The molecule has 6 nitrogen and oxygen atoms in total. The van der Waals surface area contributed by atoms with Gasteiger partial charge >= 0.3 is 0 Å². The van der Waals surface area contributed by atoms with Gasteiger partial charge in [0.05, 0.1) is 22.3 Å². The molecule has 0 aliphatic carbocycles. The number of para-hydroxylation sites is 1. The van der Waals surface area contributed by atoms with Gasteiger partial charge in [0.25, 0.3) is 5.91 Å². The van der Waals surface area contributed by atoms with Crippen LogP contribution in [0.2, 0.25) is 0 Å². The summed E-state index contributed by atoms with van der Waals surface area (Å²) in [6.07, 6.45) is 0.967. The van der Waals surface area contributed by atoms with Gasteiger partial charge in [-0.3, -0.25) is 9.69 Å². The van der Waals surface area contributed by atoms with Gasteiger partial charge in [-0.1, -0.05) is 72.0 Å². The molecule has 154 valence electrons. The number of nitrogens with zero attached hydrogens (tertiary/aromatic N) is 5. The number of carbonyl (C=O) groups excluding carboxylic acids is 1. The number of thiazole rings is 1. The van der Waals surface area contributed by atoms with Crippen LogP contribution in [0.15, 0.2) is 72.8 Å². The maximum Gasteiger partial charge on any atom is 0.250 e. The summed E-state index contributed by atoms with van der Waals surface area (Å²) in [5, 5.41) is 9.05. The van der Waals surface area contributed by atoms with Gasteiger partial charge in [-0.05, 0) is 41.8 Å². The van der Waals surface area contributed by atoms with E-state index in [1.807, 2.05) is 60.7 Å².